The molecule has 0 N–H and O–H groups in total. The van der Waals surface area contributed by atoms with E-state index in [1.807, 2.05) is 0 Å². The van der Waals surface area contributed by atoms with E-state index in [4.69, 9.17) is 4.74 Å². The van der Waals surface area contributed by atoms with E-state index in [1.165, 1.54) is 57.8 Å². The largest absolute Gasteiger partial charge is 0.462 e. The Bertz CT molecular complexity index is 729. The van der Waals surface area contributed by atoms with E-state index in [0.29, 0.717) is 17.3 Å². The summed E-state index contributed by atoms with van der Waals surface area (Å²) in [5, 5.41) is 0. The molecular formula is C34H60O2. The first kappa shape index (κ1) is 28.5. The van der Waals surface area contributed by atoms with Crippen LogP contribution in [0.1, 0.15) is 145 Å². The molecule has 0 aromatic rings. The third kappa shape index (κ3) is 5.59. The van der Waals surface area contributed by atoms with E-state index >= 15 is 0 Å². The second-order valence-electron chi connectivity index (χ2n) is 15.0. The lowest BCUT2D eigenvalue weighted by Crippen LogP contribution is -2.54. The highest BCUT2D eigenvalue weighted by Crippen LogP contribution is 2.68. The predicted octanol–water partition coefficient (Wildman–Crippen LogP) is 9.85. The van der Waals surface area contributed by atoms with Gasteiger partial charge in [0.05, 0.1) is 0 Å². The third-order valence-electron chi connectivity index (χ3n) is 12.9. The molecule has 208 valence electrons. The van der Waals surface area contributed by atoms with Crippen molar-refractivity contribution in [1.29, 1.82) is 0 Å². The first-order valence-electron chi connectivity index (χ1n) is 16.3. The minimum absolute atomic E-state index is 0.0630. The van der Waals surface area contributed by atoms with Gasteiger partial charge in [0, 0.05) is 6.42 Å². The molecule has 0 spiro atoms. The molecule has 4 aliphatic carbocycles. The number of esters is 1. The minimum atomic E-state index is 0.0630. The molecule has 4 aliphatic rings. The number of carbonyl (C=O) groups is 1. The van der Waals surface area contributed by atoms with Crippen LogP contribution in [0.25, 0.3) is 0 Å². The molecule has 36 heavy (non-hydrogen) atoms. The summed E-state index contributed by atoms with van der Waals surface area (Å²) in [4.78, 5) is 12.4. The molecule has 0 aliphatic heterocycles. The Kier molecular flexibility index (Phi) is 9.25. The van der Waals surface area contributed by atoms with Crippen molar-refractivity contribution in [3.8, 4) is 0 Å². The fourth-order valence-electron chi connectivity index (χ4n) is 10.1. The number of hydrogen-bond acceptors (Lipinski definition) is 2. The van der Waals surface area contributed by atoms with E-state index in [9.17, 15) is 4.79 Å². The molecule has 0 aromatic carbocycles. The van der Waals surface area contributed by atoms with Crippen molar-refractivity contribution < 1.29 is 9.53 Å². The smallest absolute Gasteiger partial charge is 0.306 e. The van der Waals surface area contributed by atoms with Gasteiger partial charge in [0.25, 0.3) is 0 Å². The number of unbranched alkanes of at least 4 members (excludes halogenated alkanes) is 2. The highest BCUT2D eigenvalue weighted by Gasteiger charge is 2.60. The van der Waals surface area contributed by atoms with Gasteiger partial charge in [-0.15, -0.1) is 0 Å². The zero-order chi connectivity index (χ0) is 26.1. The van der Waals surface area contributed by atoms with Crippen LogP contribution in [0.4, 0.5) is 0 Å². The van der Waals surface area contributed by atoms with Crippen molar-refractivity contribution >= 4 is 5.97 Å². The average molecular weight is 501 g/mol. The van der Waals surface area contributed by atoms with Gasteiger partial charge in [0.2, 0.25) is 0 Å². The zero-order valence-electron chi connectivity index (χ0n) is 25.1. The van der Waals surface area contributed by atoms with E-state index in [0.717, 1.165) is 79.4 Å². The van der Waals surface area contributed by atoms with Gasteiger partial charge in [-0.1, -0.05) is 74.1 Å². The fraction of sp³-hybridized carbons (Fsp3) is 0.971. The molecule has 0 saturated heterocycles. The summed E-state index contributed by atoms with van der Waals surface area (Å²) in [6, 6.07) is 0. The van der Waals surface area contributed by atoms with E-state index < -0.39 is 0 Å². The topological polar surface area (TPSA) is 26.3 Å². The van der Waals surface area contributed by atoms with Crippen molar-refractivity contribution in [2.24, 2.45) is 58.2 Å². The van der Waals surface area contributed by atoms with Crippen molar-refractivity contribution in [3.63, 3.8) is 0 Å². The lowest BCUT2D eigenvalue weighted by molar-refractivity contribution is -0.162. The van der Waals surface area contributed by atoms with Crippen molar-refractivity contribution in [2.45, 2.75) is 151 Å². The second-order valence-corrected chi connectivity index (χ2v) is 15.0. The number of carbonyl (C=O) groups excluding carboxylic acids is 1. The van der Waals surface area contributed by atoms with Gasteiger partial charge in [0.15, 0.2) is 0 Å². The van der Waals surface area contributed by atoms with Gasteiger partial charge in [-0.05, 0) is 122 Å². The first-order chi connectivity index (χ1) is 17.1. The third-order valence-corrected chi connectivity index (χ3v) is 12.9. The fourth-order valence-corrected chi connectivity index (χ4v) is 10.1. The number of hydrogen-bond donors (Lipinski definition) is 0. The molecule has 2 heteroatoms. The van der Waals surface area contributed by atoms with Crippen molar-refractivity contribution in [1.82, 2.24) is 0 Å². The average Bonchev–Trinajstić information content (AvgIpc) is 3.20. The van der Waals surface area contributed by atoms with Crippen molar-refractivity contribution in [2.75, 3.05) is 0 Å². The molecule has 0 bridgehead atoms. The summed E-state index contributed by atoms with van der Waals surface area (Å²) < 4.78 is 6.01. The first-order valence-corrected chi connectivity index (χ1v) is 16.3. The Morgan fingerprint density at radius 1 is 0.861 bits per heavy atom. The molecule has 10 atom stereocenters. The van der Waals surface area contributed by atoms with Gasteiger partial charge in [-0.2, -0.15) is 0 Å². The quantitative estimate of drug-likeness (QED) is 0.220. The molecule has 0 amide bonds. The monoisotopic (exact) mass is 500 g/mol. The highest BCUT2D eigenvalue weighted by atomic mass is 16.5. The molecular weight excluding hydrogens is 440 g/mol. The van der Waals surface area contributed by atoms with Crippen LogP contribution in [0.2, 0.25) is 0 Å². The molecule has 0 unspecified atom stereocenters. The van der Waals surface area contributed by atoms with Crippen LogP contribution in [-0.2, 0) is 9.53 Å². The van der Waals surface area contributed by atoms with E-state index in [-0.39, 0.29) is 12.1 Å². The van der Waals surface area contributed by atoms with Gasteiger partial charge in [-0.3, -0.25) is 4.79 Å². The SMILES string of the molecule is CCCCCC(=O)O[C@H]1CC[C@@]2(C)[C@@H](CC[C@@H]3[C@@H]2CC[C@]2(C)[C@@H]([C@H](C)CC[C@H](C)C(C)C)CC[C@@H]32)C1. The van der Waals surface area contributed by atoms with Gasteiger partial charge in [0.1, 0.15) is 6.10 Å². The predicted molar refractivity (Wildman–Crippen MR) is 152 cm³/mol. The van der Waals surface area contributed by atoms with Gasteiger partial charge in [-0.25, -0.2) is 0 Å². The Hall–Kier alpha value is -0.530. The van der Waals surface area contributed by atoms with Gasteiger partial charge < -0.3 is 4.74 Å². The van der Waals surface area contributed by atoms with Crippen LogP contribution in [0, 0.1) is 58.2 Å². The summed E-state index contributed by atoms with van der Waals surface area (Å²) >= 11 is 0. The summed E-state index contributed by atoms with van der Waals surface area (Å²) in [6.45, 7) is 17.4. The maximum atomic E-state index is 12.4. The van der Waals surface area contributed by atoms with Crippen LogP contribution in [-0.4, -0.2) is 12.1 Å². The lowest BCUT2D eigenvalue weighted by Gasteiger charge is -2.61. The summed E-state index contributed by atoms with van der Waals surface area (Å²) in [5.74, 6) is 7.13. The molecule has 2 nitrogen and oxygen atoms in total. The van der Waals surface area contributed by atoms with Crippen molar-refractivity contribution in [3.05, 3.63) is 0 Å². The normalized spacial score (nSPS) is 41.8. The van der Waals surface area contributed by atoms with Crippen LogP contribution in [0.5, 0.6) is 0 Å². The number of fused-ring (bicyclic) bond motifs is 5. The van der Waals surface area contributed by atoms with E-state index in [2.05, 4.69) is 48.5 Å². The molecule has 0 heterocycles. The highest BCUT2D eigenvalue weighted by molar-refractivity contribution is 5.69. The van der Waals surface area contributed by atoms with Crippen LogP contribution in [0.15, 0.2) is 0 Å². The second kappa shape index (κ2) is 11.7. The Labute approximate surface area is 224 Å². The summed E-state index contributed by atoms with van der Waals surface area (Å²) in [6.07, 6.45) is 19.2. The number of ether oxygens (including phenoxy) is 1. The molecule has 0 aromatic heterocycles. The maximum absolute atomic E-state index is 12.4. The Morgan fingerprint density at radius 3 is 2.31 bits per heavy atom. The molecule has 4 rings (SSSR count). The zero-order valence-corrected chi connectivity index (χ0v) is 25.1. The Morgan fingerprint density at radius 2 is 1.58 bits per heavy atom. The number of rotatable bonds is 10. The standard InChI is InChI=1S/C34H60O2/c1-8-9-10-11-32(35)36-27-18-20-33(6)26(22-27)14-15-28-30-17-16-29(34(30,7)21-19-31(28)33)25(5)13-12-24(4)23(2)3/h23-31H,8-22H2,1-7H3/t24-,25+,26-,27-,28-,29+,30-,31-,33-,34+/m0/s1. The van der Waals surface area contributed by atoms with Gasteiger partial charge >= 0.3 is 5.97 Å². The molecule has 4 fully saturated rings. The Balaban J connectivity index is 1.36. The molecule has 4 saturated carbocycles. The summed E-state index contributed by atoms with van der Waals surface area (Å²) in [5.41, 5.74) is 1.06. The maximum Gasteiger partial charge on any atom is 0.306 e. The van der Waals surface area contributed by atoms with Crippen LogP contribution in [0.3, 0.4) is 0 Å². The minimum Gasteiger partial charge on any atom is -0.462 e. The van der Waals surface area contributed by atoms with E-state index in [1.54, 1.807) is 0 Å². The van der Waals surface area contributed by atoms with Crippen LogP contribution >= 0.6 is 0 Å². The van der Waals surface area contributed by atoms with Crippen LogP contribution < -0.4 is 0 Å². The lowest BCUT2D eigenvalue weighted by atomic mass is 9.44. The molecule has 0 radical (unpaired) electrons. The summed E-state index contributed by atoms with van der Waals surface area (Å²) in [7, 11) is 0.